The van der Waals surface area contributed by atoms with Gasteiger partial charge in [0.1, 0.15) is 0 Å². The average Bonchev–Trinajstić information content (AvgIpc) is 2.78. The first-order valence-electron chi connectivity index (χ1n) is 6.81. The van der Waals surface area contributed by atoms with Crippen LogP contribution in [-0.2, 0) is 9.59 Å². The Kier molecular flexibility index (Phi) is 6.12. The van der Waals surface area contributed by atoms with Crippen molar-refractivity contribution < 1.29 is 14.7 Å². The number of rotatable bonds is 8. The quantitative estimate of drug-likeness (QED) is 0.569. The molecule has 0 aromatic carbocycles. The predicted molar refractivity (Wildman–Crippen MR) is 69.3 cm³/mol. The number of carbonyl (C=O) groups excluding carboxylic acids is 1. The number of carboxylic acid groups (broad SMARTS) is 1. The van der Waals surface area contributed by atoms with Gasteiger partial charge in [-0.2, -0.15) is 0 Å². The summed E-state index contributed by atoms with van der Waals surface area (Å²) in [6, 6.07) is 0. The Morgan fingerprint density at radius 1 is 1.39 bits per heavy atom. The van der Waals surface area contributed by atoms with E-state index >= 15 is 0 Å². The highest BCUT2D eigenvalue weighted by Gasteiger charge is 2.39. The van der Waals surface area contributed by atoms with Crippen molar-refractivity contribution in [3.8, 4) is 0 Å². The second-order valence-electron chi connectivity index (χ2n) is 5.06. The Morgan fingerprint density at radius 2 is 2.17 bits per heavy atom. The molecule has 5 heteroatoms. The van der Waals surface area contributed by atoms with E-state index in [1.807, 2.05) is 0 Å². The van der Waals surface area contributed by atoms with Crippen molar-refractivity contribution >= 4 is 11.9 Å². The SMILES string of the molecule is CCCC1(C(=O)NCCCCC(=O)O)CCNC1. The van der Waals surface area contributed by atoms with Crippen molar-refractivity contribution in [2.45, 2.75) is 45.4 Å². The van der Waals surface area contributed by atoms with E-state index < -0.39 is 5.97 Å². The lowest BCUT2D eigenvalue weighted by Crippen LogP contribution is -2.42. The highest BCUT2D eigenvalue weighted by molar-refractivity contribution is 5.83. The third-order valence-corrected chi connectivity index (χ3v) is 3.56. The fourth-order valence-corrected chi connectivity index (χ4v) is 2.53. The van der Waals surface area contributed by atoms with E-state index in [0.717, 1.165) is 38.8 Å². The van der Waals surface area contributed by atoms with Gasteiger partial charge < -0.3 is 15.7 Å². The molecule has 3 N–H and O–H groups in total. The van der Waals surface area contributed by atoms with Crippen LogP contribution < -0.4 is 10.6 Å². The Morgan fingerprint density at radius 3 is 2.72 bits per heavy atom. The van der Waals surface area contributed by atoms with Crippen molar-refractivity contribution in [1.82, 2.24) is 10.6 Å². The smallest absolute Gasteiger partial charge is 0.303 e. The fraction of sp³-hybridized carbons (Fsp3) is 0.846. The highest BCUT2D eigenvalue weighted by Crippen LogP contribution is 2.31. The van der Waals surface area contributed by atoms with Gasteiger partial charge in [-0.1, -0.05) is 13.3 Å². The van der Waals surface area contributed by atoms with Crippen LogP contribution in [-0.4, -0.2) is 36.6 Å². The maximum Gasteiger partial charge on any atom is 0.303 e. The zero-order valence-electron chi connectivity index (χ0n) is 11.1. The van der Waals surface area contributed by atoms with Crippen LogP contribution in [0, 0.1) is 5.41 Å². The normalized spacial score (nSPS) is 22.9. The number of amides is 1. The minimum absolute atomic E-state index is 0.129. The van der Waals surface area contributed by atoms with Gasteiger partial charge in [0.15, 0.2) is 0 Å². The summed E-state index contributed by atoms with van der Waals surface area (Å²) in [5, 5.41) is 14.7. The third kappa shape index (κ3) is 4.29. The van der Waals surface area contributed by atoms with E-state index in [-0.39, 0.29) is 17.7 Å². The van der Waals surface area contributed by atoms with Crippen molar-refractivity contribution in [3.63, 3.8) is 0 Å². The lowest BCUT2D eigenvalue weighted by atomic mass is 9.81. The summed E-state index contributed by atoms with van der Waals surface area (Å²) in [7, 11) is 0. The molecule has 104 valence electrons. The molecule has 18 heavy (non-hydrogen) atoms. The number of carboxylic acids is 1. The number of hydrogen-bond donors (Lipinski definition) is 3. The molecule has 0 saturated carbocycles. The van der Waals surface area contributed by atoms with E-state index in [0.29, 0.717) is 13.0 Å². The molecule has 0 bridgehead atoms. The molecule has 1 fully saturated rings. The van der Waals surface area contributed by atoms with E-state index in [1.54, 1.807) is 0 Å². The van der Waals surface area contributed by atoms with E-state index in [1.165, 1.54) is 0 Å². The maximum absolute atomic E-state index is 12.2. The van der Waals surface area contributed by atoms with Crippen LogP contribution in [0.1, 0.15) is 45.4 Å². The minimum atomic E-state index is -0.774. The third-order valence-electron chi connectivity index (χ3n) is 3.56. The minimum Gasteiger partial charge on any atom is -0.481 e. The van der Waals surface area contributed by atoms with Crippen LogP contribution in [0.5, 0.6) is 0 Å². The van der Waals surface area contributed by atoms with Gasteiger partial charge in [0.25, 0.3) is 0 Å². The van der Waals surface area contributed by atoms with E-state index in [2.05, 4.69) is 17.6 Å². The summed E-state index contributed by atoms with van der Waals surface area (Å²) >= 11 is 0. The number of nitrogens with one attached hydrogen (secondary N) is 2. The van der Waals surface area contributed by atoms with Crippen molar-refractivity contribution in [1.29, 1.82) is 0 Å². The van der Waals surface area contributed by atoms with Crippen LogP contribution in [0.4, 0.5) is 0 Å². The van der Waals surface area contributed by atoms with Crippen LogP contribution in [0.15, 0.2) is 0 Å². The van der Waals surface area contributed by atoms with Gasteiger partial charge in [-0.25, -0.2) is 0 Å². The average molecular weight is 256 g/mol. The Bertz CT molecular complexity index is 286. The summed E-state index contributed by atoms with van der Waals surface area (Å²) in [4.78, 5) is 22.5. The molecule has 5 nitrogen and oxygen atoms in total. The lowest BCUT2D eigenvalue weighted by Gasteiger charge is -2.26. The van der Waals surface area contributed by atoms with Crippen LogP contribution in [0.3, 0.4) is 0 Å². The molecule has 1 atom stereocenters. The van der Waals surface area contributed by atoms with Gasteiger partial charge in [-0.05, 0) is 32.2 Å². The first-order chi connectivity index (χ1) is 8.60. The molecule has 1 heterocycles. The first kappa shape index (κ1) is 15.0. The van der Waals surface area contributed by atoms with Crippen molar-refractivity contribution in [2.75, 3.05) is 19.6 Å². The van der Waals surface area contributed by atoms with Gasteiger partial charge in [-0.3, -0.25) is 9.59 Å². The number of unbranched alkanes of at least 4 members (excludes halogenated alkanes) is 1. The summed E-state index contributed by atoms with van der Waals surface area (Å²) in [6.45, 7) is 4.35. The molecular formula is C13H24N2O3. The van der Waals surface area contributed by atoms with Gasteiger partial charge in [0.05, 0.1) is 5.41 Å². The number of carbonyl (C=O) groups is 2. The zero-order valence-corrected chi connectivity index (χ0v) is 11.1. The monoisotopic (exact) mass is 256 g/mol. The molecule has 0 aromatic rings. The predicted octanol–water partition coefficient (Wildman–Crippen LogP) is 1.14. The summed E-state index contributed by atoms with van der Waals surface area (Å²) in [5.41, 5.74) is -0.235. The Labute approximate surface area is 108 Å². The molecule has 1 rings (SSSR count). The molecule has 1 aliphatic heterocycles. The molecule has 0 aromatic heterocycles. The molecule has 1 saturated heterocycles. The van der Waals surface area contributed by atoms with E-state index in [4.69, 9.17) is 5.11 Å². The zero-order chi connectivity index (χ0) is 13.4. The molecule has 1 aliphatic rings. The van der Waals surface area contributed by atoms with Crippen molar-refractivity contribution in [3.05, 3.63) is 0 Å². The van der Waals surface area contributed by atoms with Gasteiger partial charge in [0, 0.05) is 19.5 Å². The van der Waals surface area contributed by atoms with E-state index in [9.17, 15) is 9.59 Å². The first-order valence-corrected chi connectivity index (χ1v) is 6.81. The van der Waals surface area contributed by atoms with Crippen LogP contribution in [0.25, 0.3) is 0 Å². The standard InChI is InChI=1S/C13H24N2O3/c1-2-6-13(7-9-14-10-13)12(18)15-8-4-3-5-11(16)17/h14H,2-10H2,1H3,(H,15,18)(H,16,17). The Hall–Kier alpha value is -1.10. The number of hydrogen-bond acceptors (Lipinski definition) is 3. The van der Waals surface area contributed by atoms with Crippen LogP contribution >= 0.6 is 0 Å². The molecule has 0 aliphatic carbocycles. The largest absolute Gasteiger partial charge is 0.481 e. The van der Waals surface area contributed by atoms with Gasteiger partial charge in [0.2, 0.25) is 5.91 Å². The Balaban J connectivity index is 2.27. The second kappa shape index (κ2) is 7.36. The van der Waals surface area contributed by atoms with Crippen molar-refractivity contribution in [2.24, 2.45) is 5.41 Å². The van der Waals surface area contributed by atoms with Gasteiger partial charge >= 0.3 is 5.97 Å². The summed E-state index contributed by atoms with van der Waals surface area (Å²) in [6.07, 6.45) is 4.36. The number of aliphatic carboxylic acids is 1. The van der Waals surface area contributed by atoms with Gasteiger partial charge in [-0.15, -0.1) is 0 Å². The lowest BCUT2D eigenvalue weighted by molar-refractivity contribution is -0.137. The summed E-state index contributed by atoms with van der Waals surface area (Å²) in [5.74, 6) is -0.645. The van der Waals surface area contributed by atoms with Crippen LogP contribution in [0.2, 0.25) is 0 Å². The molecular weight excluding hydrogens is 232 g/mol. The maximum atomic E-state index is 12.2. The summed E-state index contributed by atoms with van der Waals surface area (Å²) < 4.78 is 0. The fourth-order valence-electron chi connectivity index (χ4n) is 2.53. The topological polar surface area (TPSA) is 78.4 Å². The molecule has 1 amide bonds. The second-order valence-corrected chi connectivity index (χ2v) is 5.06. The highest BCUT2D eigenvalue weighted by atomic mass is 16.4. The molecule has 0 spiro atoms. The molecule has 0 radical (unpaired) electrons. The molecule has 1 unspecified atom stereocenters.